The fourth-order valence-corrected chi connectivity index (χ4v) is 2.04. The molecule has 86 valence electrons. The van der Waals surface area contributed by atoms with Crippen LogP contribution < -0.4 is 5.73 Å². The summed E-state index contributed by atoms with van der Waals surface area (Å²) >= 11 is 4.86. The van der Waals surface area contributed by atoms with Crippen LogP contribution >= 0.6 is 12.2 Å². The molecule has 0 aromatic carbocycles. The standard InChI is InChI=1S/C10H14N4OS/c11-9(16)10-12-3-6-14(10)7-8(15)13-4-1-2-5-13/h3,6H,1-2,4-5,7H2,(H2,11,16). The largest absolute Gasteiger partial charge is 0.387 e. The molecule has 1 fully saturated rings. The zero-order chi connectivity index (χ0) is 11.5. The number of imidazole rings is 1. The van der Waals surface area contributed by atoms with E-state index in [1.807, 2.05) is 4.90 Å². The average molecular weight is 238 g/mol. The van der Waals surface area contributed by atoms with Crippen LogP contribution in [0.1, 0.15) is 18.7 Å². The number of amides is 1. The molecule has 6 heteroatoms. The summed E-state index contributed by atoms with van der Waals surface area (Å²) in [7, 11) is 0. The molecule has 1 saturated heterocycles. The molecule has 1 amide bonds. The average Bonchev–Trinajstić information content (AvgIpc) is 2.86. The summed E-state index contributed by atoms with van der Waals surface area (Å²) in [5.74, 6) is 0.607. The Labute approximate surface area is 99.2 Å². The Hall–Kier alpha value is -1.43. The Morgan fingerprint density at radius 2 is 2.19 bits per heavy atom. The summed E-state index contributed by atoms with van der Waals surface area (Å²) < 4.78 is 1.70. The first kappa shape index (κ1) is 11.1. The van der Waals surface area contributed by atoms with Gasteiger partial charge in [-0.15, -0.1) is 0 Å². The van der Waals surface area contributed by atoms with Crippen LogP contribution in [0.3, 0.4) is 0 Å². The normalized spacial score (nSPS) is 15.4. The Morgan fingerprint density at radius 1 is 1.50 bits per heavy atom. The number of hydrogen-bond acceptors (Lipinski definition) is 3. The van der Waals surface area contributed by atoms with E-state index in [2.05, 4.69) is 4.98 Å². The molecule has 2 rings (SSSR count). The molecule has 2 heterocycles. The van der Waals surface area contributed by atoms with Crippen LogP contribution in [0.4, 0.5) is 0 Å². The highest BCUT2D eigenvalue weighted by atomic mass is 32.1. The van der Waals surface area contributed by atoms with Crippen LogP contribution in [0.2, 0.25) is 0 Å². The van der Waals surface area contributed by atoms with Crippen LogP contribution in [0.25, 0.3) is 0 Å². The molecule has 5 nitrogen and oxygen atoms in total. The number of nitrogens with two attached hydrogens (primary N) is 1. The maximum atomic E-state index is 11.9. The van der Waals surface area contributed by atoms with Crippen molar-refractivity contribution in [2.75, 3.05) is 13.1 Å². The molecule has 1 aliphatic rings. The summed E-state index contributed by atoms with van der Waals surface area (Å²) in [6.07, 6.45) is 5.52. The number of carbonyl (C=O) groups is 1. The minimum absolute atomic E-state index is 0.105. The highest BCUT2D eigenvalue weighted by molar-refractivity contribution is 7.80. The molecule has 0 radical (unpaired) electrons. The molecule has 0 bridgehead atoms. The summed E-state index contributed by atoms with van der Waals surface area (Å²) in [5, 5.41) is 0. The van der Waals surface area contributed by atoms with Gasteiger partial charge in [-0.3, -0.25) is 4.79 Å². The third kappa shape index (κ3) is 2.21. The lowest BCUT2D eigenvalue weighted by Gasteiger charge is -2.16. The van der Waals surface area contributed by atoms with Crippen molar-refractivity contribution >= 4 is 23.1 Å². The molecule has 1 aromatic heterocycles. The van der Waals surface area contributed by atoms with Crippen LogP contribution in [0, 0.1) is 0 Å². The molecular weight excluding hydrogens is 224 g/mol. The molecule has 2 N–H and O–H groups in total. The van der Waals surface area contributed by atoms with Crippen molar-refractivity contribution in [1.29, 1.82) is 0 Å². The Balaban J connectivity index is 2.05. The topological polar surface area (TPSA) is 64.1 Å². The third-order valence-electron chi connectivity index (χ3n) is 2.70. The number of carbonyl (C=O) groups excluding carboxylic acids is 1. The fourth-order valence-electron chi connectivity index (χ4n) is 1.87. The van der Waals surface area contributed by atoms with Gasteiger partial charge in [-0.25, -0.2) is 4.98 Å². The number of rotatable bonds is 3. The van der Waals surface area contributed by atoms with Gasteiger partial charge < -0.3 is 15.2 Å². The van der Waals surface area contributed by atoms with E-state index >= 15 is 0 Å². The van der Waals surface area contributed by atoms with E-state index in [0.717, 1.165) is 25.9 Å². The summed E-state index contributed by atoms with van der Waals surface area (Å²) in [5.41, 5.74) is 5.51. The number of aromatic nitrogens is 2. The first-order valence-electron chi connectivity index (χ1n) is 5.27. The predicted molar refractivity (Wildman–Crippen MR) is 63.9 cm³/mol. The SMILES string of the molecule is NC(=S)c1nccn1CC(=O)N1CCCC1. The van der Waals surface area contributed by atoms with E-state index in [0.29, 0.717) is 5.82 Å². The summed E-state index contributed by atoms with van der Waals surface area (Å²) in [4.78, 5) is 18.0. The number of nitrogens with zero attached hydrogens (tertiary/aromatic N) is 3. The molecule has 0 atom stereocenters. The summed E-state index contributed by atoms with van der Waals surface area (Å²) in [6.45, 7) is 1.98. The van der Waals surface area contributed by atoms with Gasteiger partial charge in [-0.1, -0.05) is 12.2 Å². The van der Waals surface area contributed by atoms with Gasteiger partial charge in [0.05, 0.1) is 0 Å². The van der Waals surface area contributed by atoms with Crippen molar-refractivity contribution in [2.45, 2.75) is 19.4 Å². The zero-order valence-corrected chi connectivity index (χ0v) is 9.74. The van der Waals surface area contributed by atoms with Crippen molar-refractivity contribution in [3.05, 3.63) is 18.2 Å². The van der Waals surface area contributed by atoms with E-state index < -0.39 is 0 Å². The van der Waals surface area contributed by atoms with Gasteiger partial charge >= 0.3 is 0 Å². The Morgan fingerprint density at radius 3 is 2.81 bits per heavy atom. The molecule has 0 aliphatic carbocycles. The lowest BCUT2D eigenvalue weighted by molar-refractivity contribution is -0.130. The van der Waals surface area contributed by atoms with Gasteiger partial charge in [0.1, 0.15) is 11.5 Å². The molecule has 1 aromatic rings. The second-order valence-corrected chi connectivity index (χ2v) is 4.27. The minimum Gasteiger partial charge on any atom is -0.387 e. The first-order chi connectivity index (χ1) is 7.68. The molecule has 16 heavy (non-hydrogen) atoms. The third-order valence-corrected chi connectivity index (χ3v) is 2.88. The quantitative estimate of drug-likeness (QED) is 0.761. The van der Waals surface area contributed by atoms with E-state index in [-0.39, 0.29) is 17.4 Å². The first-order valence-corrected chi connectivity index (χ1v) is 5.68. The van der Waals surface area contributed by atoms with Crippen molar-refractivity contribution in [1.82, 2.24) is 14.5 Å². The highest BCUT2D eigenvalue weighted by Crippen LogP contribution is 2.09. The van der Waals surface area contributed by atoms with Crippen molar-refractivity contribution in [3.8, 4) is 0 Å². The summed E-state index contributed by atoms with van der Waals surface area (Å²) in [6, 6.07) is 0. The molecule has 0 spiro atoms. The fraction of sp³-hybridized carbons (Fsp3) is 0.500. The van der Waals surface area contributed by atoms with E-state index in [1.54, 1.807) is 17.0 Å². The smallest absolute Gasteiger partial charge is 0.242 e. The highest BCUT2D eigenvalue weighted by Gasteiger charge is 2.19. The number of likely N-dealkylation sites (tertiary alicyclic amines) is 1. The maximum Gasteiger partial charge on any atom is 0.242 e. The van der Waals surface area contributed by atoms with Gasteiger partial charge in [0.15, 0.2) is 5.82 Å². The van der Waals surface area contributed by atoms with Gasteiger partial charge in [-0.05, 0) is 12.8 Å². The van der Waals surface area contributed by atoms with Crippen LogP contribution in [-0.4, -0.2) is 38.4 Å². The van der Waals surface area contributed by atoms with E-state index in [1.165, 1.54) is 0 Å². The molecule has 1 aliphatic heterocycles. The minimum atomic E-state index is 0.105. The molecular formula is C10H14N4OS. The lowest BCUT2D eigenvalue weighted by atomic mass is 10.4. The van der Waals surface area contributed by atoms with Crippen molar-refractivity contribution in [2.24, 2.45) is 5.73 Å². The van der Waals surface area contributed by atoms with E-state index in [4.69, 9.17) is 18.0 Å². The Bertz CT molecular complexity index is 409. The van der Waals surface area contributed by atoms with Crippen LogP contribution in [0.15, 0.2) is 12.4 Å². The van der Waals surface area contributed by atoms with Gasteiger partial charge in [0.2, 0.25) is 5.91 Å². The lowest BCUT2D eigenvalue weighted by Crippen LogP contribution is -2.32. The van der Waals surface area contributed by atoms with Crippen LogP contribution in [0.5, 0.6) is 0 Å². The molecule has 0 saturated carbocycles. The molecule has 0 unspecified atom stereocenters. The number of thiocarbonyl (C=S) groups is 1. The number of hydrogen-bond donors (Lipinski definition) is 1. The second kappa shape index (κ2) is 4.61. The van der Waals surface area contributed by atoms with Gasteiger partial charge in [0, 0.05) is 25.5 Å². The van der Waals surface area contributed by atoms with Crippen molar-refractivity contribution in [3.63, 3.8) is 0 Å². The Kier molecular flexibility index (Phi) is 3.19. The monoisotopic (exact) mass is 238 g/mol. The van der Waals surface area contributed by atoms with E-state index in [9.17, 15) is 4.79 Å². The second-order valence-electron chi connectivity index (χ2n) is 3.83. The van der Waals surface area contributed by atoms with Gasteiger partial charge in [-0.2, -0.15) is 0 Å². The maximum absolute atomic E-state index is 11.9. The van der Waals surface area contributed by atoms with Crippen LogP contribution in [-0.2, 0) is 11.3 Å². The predicted octanol–water partition coefficient (Wildman–Crippen LogP) is 0.140. The van der Waals surface area contributed by atoms with Gasteiger partial charge in [0.25, 0.3) is 0 Å². The zero-order valence-electron chi connectivity index (χ0n) is 8.93. The van der Waals surface area contributed by atoms with Crippen molar-refractivity contribution < 1.29 is 4.79 Å².